The number of carboxylic acid groups (broad SMARTS) is 1. The predicted octanol–water partition coefficient (Wildman–Crippen LogP) is -0.421. The van der Waals surface area contributed by atoms with Gasteiger partial charge in [-0.05, 0) is 6.92 Å². The lowest BCUT2D eigenvalue weighted by Crippen LogP contribution is -2.51. The fourth-order valence-corrected chi connectivity index (χ4v) is 2.42. The zero-order chi connectivity index (χ0) is 12.1. The van der Waals surface area contributed by atoms with E-state index in [-0.39, 0.29) is 18.6 Å². The van der Waals surface area contributed by atoms with E-state index in [0.29, 0.717) is 6.54 Å². The highest BCUT2D eigenvalue weighted by Crippen LogP contribution is 2.15. The molecule has 1 unspecified atom stereocenters. The maximum absolute atomic E-state index is 11.6. The molecule has 7 heteroatoms. The molecule has 1 saturated heterocycles. The number of aliphatic hydroxyl groups excluding tert-OH is 1. The summed E-state index contributed by atoms with van der Waals surface area (Å²) < 4.78 is 0. The van der Waals surface area contributed by atoms with Crippen molar-refractivity contribution >= 4 is 23.8 Å². The summed E-state index contributed by atoms with van der Waals surface area (Å²) >= 11 is 1.79. The SMILES string of the molecule is CC1CSCCN1C(=O)NC[C@H](O)C(=O)O. The lowest BCUT2D eigenvalue weighted by Gasteiger charge is -2.33. The Morgan fingerprint density at radius 1 is 1.62 bits per heavy atom. The number of nitrogens with zero attached hydrogens (tertiary/aromatic N) is 1. The highest BCUT2D eigenvalue weighted by molar-refractivity contribution is 7.99. The Morgan fingerprint density at radius 2 is 2.31 bits per heavy atom. The second kappa shape index (κ2) is 5.95. The number of amides is 2. The Morgan fingerprint density at radius 3 is 2.88 bits per heavy atom. The maximum Gasteiger partial charge on any atom is 0.334 e. The molecular formula is C9H16N2O4S. The molecule has 16 heavy (non-hydrogen) atoms. The van der Waals surface area contributed by atoms with E-state index in [0.717, 1.165) is 11.5 Å². The molecule has 1 fully saturated rings. The molecule has 0 aromatic carbocycles. The molecule has 0 radical (unpaired) electrons. The van der Waals surface area contributed by atoms with Crippen LogP contribution in [0.5, 0.6) is 0 Å². The number of nitrogens with one attached hydrogen (secondary N) is 1. The summed E-state index contributed by atoms with van der Waals surface area (Å²) in [5, 5.41) is 19.9. The molecule has 0 aromatic rings. The van der Waals surface area contributed by atoms with E-state index in [9.17, 15) is 9.59 Å². The van der Waals surface area contributed by atoms with Gasteiger partial charge in [0, 0.05) is 24.1 Å². The van der Waals surface area contributed by atoms with E-state index >= 15 is 0 Å². The highest BCUT2D eigenvalue weighted by atomic mass is 32.2. The van der Waals surface area contributed by atoms with E-state index in [1.807, 2.05) is 6.92 Å². The summed E-state index contributed by atoms with van der Waals surface area (Å²) in [6, 6.07) is -0.172. The Bertz CT molecular complexity index is 274. The zero-order valence-electron chi connectivity index (χ0n) is 9.05. The lowest BCUT2D eigenvalue weighted by atomic mass is 10.3. The fraction of sp³-hybridized carbons (Fsp3) is 0.778. The van der Waals surface area contributed by atoms with Crippen molar-refractivity contribution in [3.63, 3.8) is 0 Å². The van der Waals surface area contributed by atoms with Crippen LogP contribution in [0.1, 0.15) is 6.92 Å². The molecule has 1 aliphatic rings. The summed E-state index contributed by atoms with van der Waals surface area (Å²) in [4.78, 5) is 23.6. The topological polar surface area (TPSA) is 89.9 Å². The van der Waals surface area contributed by atoms with Gasteiger partial charge in [0.15, 0.2) is 6.10 Å². The Balaban J connectivity index is 2.36. The fourth-order valence-electron chi connectivity index (χ4n) is 1.40. The van der Waals surface area contributed by atoms with Crippen LogP contribution in [0, 0.1) is 0 Å². The number of urea groups is 1. The summed E-state index contributed by atoms with van der Waals surface area (Å²) in [5.41, 5.74) is 0. The van der Waals surface area contributed by atoms with Gasteiger partial charge >= 0.3 is 12.0 Å². The largest absolute Gasteiger partial charge is 0.479 e. The standard InChI is InChI=1S/C9H16N2O4S/c1-6-5-16-3-2-11(6)9(15)10-4-7(12)8(13)14/h6-7,12H,2-5H2,1H3,(H,10,15)(H,13,14)/t6?,7-/m0/s1. The minimum absolute atomic E-state index is 0.140. The van der Waals surface area contributed by atoms with Gasteiger partial charge in [0.2, 0.25) is 0 Å². The molecule has 0 aromatic heterocycles. The first-order valence-corrected chi connectivity index (χ1v) is 6.21. The molecule has 1 heterocycles. The van der Waals surface area contributed by atoms with E-state index in [1.165, 1.54) is 0 Å². The van der Waals surface area contributed by atoms with Crippen LogP contribution in [0.25, 0.3) is 0 Å². The van der Waals surface area contributed by atoms with E-state index in [1.54, 1.807) is 16.7 Å². The molecule has 92 valence electrons. The van der Waals surface area contributed by atoms with Gasteiger partial charge in [-0.3, -0.25) is 0 Å². The third-order valence-electron chi connectivity index (χ3n) is 2.36. The van der Waals surface area contributed by atoms with Gasteiger partial charge in [0.05, 0.1) is 6.54 Å². The Kier molecular flexibility index (Phi) is 4.88. The van der Waals surface area contributed by atoms with E-state index in [2.05, 4.69) is 5.32 Å². The first kappa shape index (κ1) is 13.1. The Hall–Kier alpha value is -0.950. The summed E-state index contributed by atoms with van der Waals surface area (Å²) in [6.07, 6.45) is -1.54. The van der Waals surface area contributed by atoms with Crippen molar-refractivity contribution < 1.29 is 19.8 Å². The molecule has 2 atom stereocenters. The number of hydrogen-bond donors (Lipinski definition) is 3. The van der Waals surface area contributed by atoms with Crippen molar-refractivity contribution in [3.8, 4) is 0 Å². The van der Waals surface area contributed by atoms with Gasteiger partial charge in [-0.2, -0.15) is 11.8 Å². The van der Waals surface area contributed by atoms with Crippen molar-refractivity contribution in [1.29, 1.82) is 0 Å². The first-order chi connectivity index (χ1) is 7.52. The average molecular weight is 248 g/mol. The van der Waals surface area contributed by atoms with Gasteiger partial charge in [-0.25, -0.2) is 9.59 Å². The van der Waals surface area contributed by atoms with Crippen molar-refractivity contribution in [3.05, 3.63) is 0 Å². The van der Waals surface area contributed by atoms with Gasteiger partial charge < -0.3 is 20.4 Å². The highest BCUT2D eigenvalue weighted by Gasteiger charge is 2.24. The van der Waals surface area contributed by atoms with E-state index < -0.39 is 12.1 Å². The molecule has 0 saturated carbocycles. The number of carbonyl (C=O) groups is 2. The molecule has 1 aliphatic heterocycles. The van der Waals surface area contributed by atoms with Gasteiger partial charge in [-0.15, -0.1) is 0 Å². The normalized spacial score (nSPS) is 22.6. The lowest BCUT2D eigenvalue weighted by molar-refractivity contribution is -0.146. The van der Waals surface area contributed by atoms with Gasteiger partial charge in [0.25, 0.3) is 0 Å². The van der Waals surface area contributed by atoms with Crippen LogP contribution in [0.4, 0.5) is 4.79 Å². The number of rotatable bonds is 3. The third-order valence-corrected chi connectivity index (χ3v) is 3.55. The Labute approximate surface area is 98.0 Å². The monoisotopic (exact) mass is 248 g/mol. The number of hydrogen-bond acceptors (Lipinski definition) is 4. The molecule has 0 spiro atoms. The molecule has 2 amide bonds. The summed E-state index contributed by atoms with van der Waals surface area (Å²) in [5.74, 6) is 0.441. The van der Waals surface area contributed by atoms with E-state index in [4.69, 9.17) is 10.2 Å². The van der Waals surface area contributed by atoms with Crippen LogP contribution in [-0.2, 0) is 4.79 Å². The van der Waals surface area contributed by atoms with Crippen molar-refractivity contribution in [1.82, 2.24) is 10.2 Å². The molecule has 3 N–H and O–H groups in total. The van der Waals surface area contributed by atoms with Crippen LogP contribution in [0.2, 0.25) is 0 Å². The van der Waals surface area contributed by atoms with Crippen molar-refractivity contribution in [2.24, 2.45) is 0 Å². The first-order valence-electron chi connectivity index (χ1n) is 5.05. The van der Waals surface area contributed by atoms with Crippen LogP contribution < -0.4 is 5.32 Å². The zero-order valence-corrected chi connectivity index (χ0v) is 9.87. The number of aliphatic carboxylic acids is 1. The minimum Gasteiger partial charge on any atom is -0.479 e. The molecular weight excluding hydrogens is 232 g/mol. The molecule has 1 rings (SSSR count). The van der Waals surface area contributed by atoms with Crippen LogP contribution >= 0.6 is 11.8 Å². The average Bonchev–Trinajstić information content (AvgIpc) is 2.25. The number of carboxylic acids is 1. The summed E-state index contributed by atoms with van der Waals surface area (Å²) in [7, 11) is 0. The molecule has 0 bridgehead atoms. The quantitative estimate of drug-likeness (QED) is 0.631. The van der Waals surface area contributed by atoms with Crippen molar-refractivity contribution in [2.75, 3.05) is 24.6 Å². The predicted molar refractivity (Wildman–Crippen MR) is 60.5 cm³/mol. The number of thioether (sulfide) groups is 1. The molecule has 0 aliphatic carbocycles. The van der Waals surface area contributed by atoms with Gasteiger partial charge in [0.1, 0.15) is 0 Å². The second-order valence-corrected chi connectivity index (χ2v) is 4.81. The smallest absolute Gasteiger partial charge is 0.334 e. The van der Waals surface area contributed by atoms with Crippen LogP contribution in [0.3, 0.4) is 0 Å². The third kappa shape index (κ3) is 3.57. The number of carbonyl (C=O) groups excluding carboxylic acids is 1. The van der Waals surface area contributed by atoms with Crippen molar-refractivity contribution in [2.45, 2.75) is 19.1 Å². The summed E-state index contributed by atoms with van der Waals surface area (Å²) in [6.45, 7) is 2.34. The number of aliphatic hydroxyl groups is 1. The van der Waals surface area contributed by atoms with Crippen LogP contribution in [0.15, 0.2) is 0 Å². The second-order valence-electron chi connectivity index (χ2n) is 3.66. The maximum atomic E-state index is 11.6. The molecule has 6 nitrogen and oxygen atoms in total. The van der Waals surface area contributed by atoms with Gasteiger partial charge in [-0.1, -0.05) is 0 Å². The minimum atomic E-state index is -1.54. The van der Waals surface area contributed by atoms with Crippen LogP contribution in [-0.4, -0.2) is 63.9 Å².